The zero-order valence-corrected chi connectivity index (χ0v) is 17.2. The van der Waals surface area contributed by atoms with E-state index in [4.69, 9.17) is 0 Å². The van der Waals surface area contributed by atoms with Crippen molar-refractivity contribution in [1.29, 1.82) is 0 Å². The lowest BCUT2D eigenvalue weighted by atomic mass is 10.1. The second-order valence-electron chi connectivity index (χ2n) is 7.00. The summed E-state index contributed by atoms with van der Waals surface area (Å²) in [6.45, 7) is 4.54. The summed E-state index contributed by atoms with van der Waals surface area (Å²) in [6, 6.07) is 0. The van der Waals surface area contributed by atoms with E-state index in [1.165, 1.54) is 77.0 Å². The molecule has 0 aromatic carbocycles. The Morgan fingerprint density at radius 1 is 0.360 bits per heavy atom. The van der Waals surface area contributed by atoms with Crippen molar-refractivity contribution in [2.75, 3.05) is 0 Å². The lowest BCUT2D eigenvalue weighted by Gasteiger charge is -1.98. The largest absolute Gasteiger partial charge is 0.0882 e. The van der Waals surface area contributed by atoms with Gasteiger partial charge in [-0.3, -0.25) is 0 Å². The third-order valence-corrected chi connectivity index (χ3v) is 4.43. The summed E-state index contributed by atoms with van der Waals surface area (Å²) < 4.78 is 0. The van der Waals surface area contributed by atoms with Crippen molar-refractivity contribution >= 4 is 0 Å². The van der Waals surface area contributed by atoms with E-state index in [0.29, 0.717) is 0 Å². The Bertz CT molecular complexity index is 343. The molecule has 0 fully saturated rings. The average molecular weight is 345 g/mol. The van der Waals surface area contributed by atoms with E-state index in [9.17, 15) is 0 Å². The highest BCUT2D eigenvalue weighted by atomic mass is 13.9. The van der Waals surface area contributed by atoms with Crippen molar-refractivity contribution in [2.45, 2.75) is 110 Å². The van der Waals surface area contributed by atoms with Crippen LogP contribution in [0.5, 0.6) is 0 Å². The summed E-state index contributed by atoms with van der Waals surface area (Å²) in [7, 11) is 0. The SMILES string of the molecule is CCCCCC=CCC=CCC=CCC=CCCCCCCCCC. The number of rotatable bonds is 18. The van der Waals surface area contributed by atoms with Gasteiger partial charge in [-0.1, -0.05) is 114 Å². The highest BCUT2D eigenvalue weighted by Gasteiger charge is 1.89. The van der Waals surface area contributed by atoms with Gasteiger partial charge in [-0.05, 0) is 44.9 Å². The molecule has 0 heterocycles. The quantitative estimate of drug-likeness (QED) is 0.172. The maximum absolute atomic E-state index is 2.36. The van der Waals surface area contributed by atoms with Gasteiger partial charge in [-0.25, -0.2) is 0 Å². The van der Waals surface area contributed by atoms with E-state index in [0.717, 1.165) is 19.3 Å². The monoisotopic (exact) mass is 344 g/mol. The van der Waals surface area contributed by atoms with E-state index < -0.39 is 0 Å². The van der Waals surface area contributed by atoms with Crippen molar-refractivity contribution in [1.82, 2.24) is 0 Å². The van der Waals surface area contributed by atoms with Crippen LogP contribution in [0.25, 0.3) is 0 Å². The average Bonchev–Trinajstić information content (AvgIpc) is 2.63. The molecule has 0 bridgehead atoms. The third kappa shape index (κ3) is 23.0. The van der Waals surface area contributed by atoms with Crippen LogP contribution in [0.2, 0.25) is 0 Å². The molecule has 0 saturated heterocycles. The normalized spacial score (nSPS) is 12.6. The van der Waals surface area contributed by atoms with Crippen molar-refractivity contribution in [3.8, 4) is 0 Å². The number of hydrogen-bond acceptors (Lipinski definition) is 0. The molecular weight excluding hydrogens is 300 g/mol. The second kappa shape index (κ2) is 23.0. The molecule has 144 valence electrons. The van der Waals surface area contributed by atoms with Gasteiger partial charge in [-0.2, -0.15) is 0 Å². The molecule has 0 aliphatic rings. The van der Waals surface area contributed by atoms with E-state index in [1.54, 1.807) is 0 Å². The molecule has 0 spiro atoms. The molecular formula is C25H44. The van der Waals surface area contributed by atoms with E-state index >= 15 is 0 Å². The molecule has 0 rings (SSSR count). The van der Waals surface area contributed by atoms with Crippen LogP contribution >= 0.6 is 0 Å². The maximum atomic E-state index is 2.36. The summed E-state index contributed by atoms with van der Waals surface area (Å²) in [5.74, 6) is 0. The van der Waals surface area contributed by atoms with E-state index in [2.05, 4.69) is 62.5 Å². The molecule has 0 aliphatic carbocycles. The fourth-order valence-electron chi connectivity index (χ4n) is 2.78. The van der Waals surface area contributed by atoms with Gasteiger partial charge >= 0.3 is 0 Å². The summed E-state index contributed by atoms with van der Waals surface area (Å²) in [4.78, 5) is 0. The summed E-state index contributed by atoms with van der Waals surface area (Å²) in [5, 5.41) is 0. The molecule has 0 aliphatic heterocycles. The van der Waals surface area contributed by atoms with Crippen LogP contribution in [0.15, 0.2) is 48.6 Å². The molecule has 0 saturated carbocycles. The first-order valence-electron chi connectivity index (χ1n) is 11.0. The first-order chi connectivity index (χ1) is 12.4. The van der Waals surface area contributed by atoms with Crippen molar-refractivity contribution in [3.05, 3.63) is 48.6 Å². The minimum absolute atomic E-state index is 1.06. The molecule has 0 amide bonds. The second-order valence-corrected chi connectivity index (χ2v) is 7.00. The number of unbranched alkanes of at least 4 members (excludes halogenated alkanes) is 10. The Kier molecular flexibility index (Phi) is 22.0. The van der Waals surface area contributed by atoms with Crippen LogP contribution in [0.4, 0.5) is 0 Å². The van der Waals surface area contributed by atoms with Gasteiger partial charge in [0, 0.05) is 0 Å². The molecule has 25 heavy (non-hydrogen) atoms. The van der Waals surface area contributed by atoms with E-state index in [1.807, 2.05) is 0 Å². The zero-order chi connectivity index (χ0) is 18.3. The van der Waals surface area contributed by atoms with Crippen LogP contribution in [0.3, 0.4) is 0 Å². The molecule has 0 aromatic rings. The standard InChI is InChI=1S/C25H44/c1-3-5-7-9-11-13-15-17-19-21-23-25-24-22-20-18-16-14-12-10-8-6-4-2/h11,13,17,19-20,22-23,25H,3-10,12,14-16,18,21,24H2,1-2H3. The Hall–Kier alpha value is -1.04. The minimum atomic E-state index is 1.06. The minimum Gasteiger partial charge on any atom is -0.0882 e. The van der Waals surface area contributed by atoms with Crippen LogP contribution in [0.1, 0.15) is 110 Å². The first kappa shape index (κ1) is 24.0. The zero-order valence-electron chi connectivity index (χ0n) is 17.2. The van der Waals surface area contributed by atoms with Gasteiger partial charge in [0.15, 0.2) is 0 Å². The van der Waals surface area contributed by atoms with Gasteiger partial charge in [0.2, 0.25) is 0 Å². The molecule has 0 aromatic heterocycles. The van der Waals surface area contributed by atoms with Crippen molar-refractivity contribution in [3.63, 3.8) is 0 Å². The first-order valence-corrected chi connectivity index (χ1v) is 11.0. The third-order valence-electron chi connectivity index (χ3n) is 4.43. The van der Waals surface area contributed by atoms with Crippen LogP contribution in [-0.4, -0.2) is 0 Å². The molecule has 0 radical (unpaired) electrons. The predicted octanol–water partition coefficient (Wildman–Crippen LogP) is 9.10. The van der Waals surface area contributed by atoms with Crippen molar-refractivity contribution in [2.24, 2.45) is 0 Å². The Balaban J connectivity index is 3.32. The summed E-state index contributed by atoms with van der Waals surface area (Å²) >= 11 is 0. The van der Waals surface area contributed by atoms with Gasteiger partial charge in [0.25, 0.3) is 0 Å². The fourth-order valence-corrected chi connectivity index (χ4v) is 2.78. The fraction of sp³-hybridized carbons (Fsp3) is 0.680. The summed E-state index contributed by atoms with van der Waals surface area (Å²) in [6.07, 6.45) is 38.0. The van der Waals surface area contributed by atoms with Crippen LogP contribution < -0.4 is 0 Å². The lowest BCUT2D eigenvalue weighted by molar-refractivity contribution is 0.592. The van der Waals surface area contributed by atoms with Crippen molar-refractivity contribution < 1.29 is 0 Å². The maximum Gasteiger partial charge on any atom is -0.0169 e. The van der Waals surface area contributed by atoms with Gasteiger partial charge in [-0.15, -0.1) is 0 Å². The number of allylic oxidation sites excluding steroid dienone is 8. The lowest BCUT2D eigenvalue weighted by Crippen LogP contribution is -1.78. The highest BCUT2D eigenvalue weighted by Crippen LogP contribution is 2.08. The molecule has 0 atom stereocenters. The molecule has 0 nitrogen and oxygen atoms in total. The van der Waals surface area contributed by atoms with Crippen LogP contribution in [-0.2, 0) is 0 Å². The predicted molar refractivity (Wildman–Crippen MR) is 117 cm³/mol. The van der Waals surface area contributed by atoms with Crippen LogP contribution in [0, 0.1) is 0 Å². The Morgan fingerprint density at radius 2 is 0.680 bits per heavy atom. The molecule has 0 heteroatoms. The molecule has 0 N–H and O–H groups in total. The van der Waals surface area contributed by atoms with E-state index in [-0.39, 0.29) is 0 Å². The highest BCUT2D eigenvalue weighted by molar-refractivity contribution is 4.99. The van der Waals surface area contributed by atoms with Gasteiger partial charge in [0.05, 0.1) is 0 Å². The van der Waals surface area contributed by atoms with Gasteiger partial charge in [0.1, 0.15) is 0 Å². The van der Waals surface area contributed by atoms with Gasteiger partial charge < -0.3 is 0 Å². The summed E-state index contributed by atoms with van der Waals surface area (Å²) in [5.41, 5.74) is 0. The smallest absolute Gasteiger partial charge is 0.0169 e. The molecule has 0 unspecified atom stereocenters. The topological polar surface area (TPSA) is 0 Å². The Morgan fingerprint density at radius 3 is 1.16 bits per heavy atom. The Labute approximate surface area is 159 Å². The number of hydrogen-bond donors (Lipinski definition) is 0.